The normalized spacial score (nSPS) is 11.2. The highest BCUT2D eigenvalue weighted by Gasteiger charge is 2.27. The molecule has 0 aromatic carbocycles. The van der Waals surface area contributed by atoms with Crippen molar-refractivity contribution in [2.24, 2.45) is 0 Å². The maximum atomic E-state index is 9.15. The number of aromatic nitrogens is 1. The van der Waals surface area contributed by atoms with Crippen molar-refractivity contribution in [3.63, 3.8) is 0 Å². The lowest BCUT2D eigenvalue weighted by Crippen LogP contribution is -2.49. The zero-order valence-electron chi connectivity index (χ0n) is 9.14. The molecule has 0 aliphatic carbocycles. The first-order valence-electron chi connectivity index (χ1n) is 4.93. The molecule has 6 nitrogen and oxygen atoms in total. The molecule has 0 saturated carbocycles. The van der Waals surface area contributed by atoms with Gasteiger partial charge in [0.1, 0.15) is 5.54 Å². The Labute approximate surface area is 94.0 Å². The molecule has 1 heterocycles. The third-order valence-electron chi connectivity index (χ3n) is 2.34. The highest BCUT2D eigenvalue weighted by atomic mass is 16.3. The summed E-state index contributed by atoms with van der Waals surface area (Å²) < 4.78 is 0. The maximum Gasteiger partial charge on any atom is 0.107 e. The smallest absolute Gasteiger partial charge is 0.107 e. The number of nitrogens with one attached hydrogen (secondary N) is 2. The van der Waals surface area contributed by atoms with Crippen LogP contribution in [-0.4, -0.2) is 52.7 Å². The molecule has 0 aliphatic rings. The molecule has 1 rings (SSSR count). The number of aliphatic hydroxyl groups is 3. The third kappa shape index (κ3) is 2.82. The fourth-order valence-corrected chi connectivity index (χ4v) is 1.22. The van der Waals surface area contributed by atoms with Gasteiger partial charge in [0.25, 0.3) is 0 Å². The van der Waals surface area contributed by atoms with Gasteiger partial charge in [-0.1, -0.05) is 0 Å². The van der Waals surface area contributed by atoms with Gasteiger partial charge in [-0.2, -0.15) is 0 Å². The van der Waals surface area contributed by atoms with E-state index < -0.39 is 5.54 Å². The second-order valence-corrected chi connectivity index (χ2v) is 3.59. The van der Waals surface area contributed by atoms with Crippen LogP contribution in [0.25, 0.3) is 0 Å². The number of nitrogens with zero attached hydrogens (tertiary/aromatic N) is 1. The lowest BCUT2D eigenvalue weighted by molar-refractivity contribution is 0.0833. The number of anilines is 2. The van der Waals surface area contributed by atoms with Crippen molar-refractivity contribution in [3.8, 4) is 0 Å². The van der Waals surface area contributed by atoms with E-state index in [0.717, 1.165) is 5.69 Å². The molecule has 0 spiro atoms. The highest BCUT2D eigenvalue weighted by molar-refractivity contribution is 5.54. The Hall–Kier alpha value is -1.37. The van der Waals surface area contributed by atoms with E-state index in [1.165, 1.54) is 0 Å². The van der Waals surface area contributed by atoms with Gasteiger partial charge in [0, 0.05) is 7.05 Å². The van der Waals surface area contributed by atoms with Gasteiger partial charge in [-0.15, -0.1) is 0 Å². The first-order chi connectivity index (χ1) is 7.69. The van der Waals surface area contributed by atoms with Gasteiger partial charge in [-0.05, 0) is 6.07 Å². The van der Waals surface area contributed by atoms with Crippen LogP contribution >= 0.6 is 0 Å². The van der Waals surface area contributed by atoms with Gasteiger partial charge in [-0.25, -0.2) is 0 Å². The summed E-state index contributed by atoms with van der Waals surface area (Å²) in [6, 6.07) is 1.77. The van der Waals surface area contributed by atoms with Crippen LogP contribution in [0.4, 0.5) is 11.4 Å². The fourth-order valence-electron chi connectivity index (χ4n) is 1.22. The molecule has 1 aromatic rings. The second-order valence-electron chi connectivity index (χ2n) is 3.59. The molecule has 0 fully saturated rings. The Morgan fingerprint density at radius 3 is 2.19 bits per heavy atom. The van der Waals surface area contributed by atoms with Gasteiger partial charge in [-0.3, -0.25) is 4.98 Å². The first-order valence-corrected chi connectivity index (χ1v) is 4.93. The summed E-state index contributed by atoms with van der Waals surface area (Å²) in [6.07, 6.45) is 3.19. The van der Waals surface area contributed by atoms with Crippen molar-refractivity contribution in [2.75, 3.05) is 37.5 Å². The van der Waals surface area contributed by atoms with Crippen LogP contribution in [0.15, 0.2) is 18.5 Å². The van der Waals surface area contributed by atoms with Crippen LogP contribution in [0.5, 0.6) is 0 Å². The molecule has 1 aromatic heterocycles. The van der Waals surface area contributed by atoms with Gasteiger partial charge < -0.3 is 26.0 Å². The number of rotatable bonds is 6. The summed E-state index contributed by atoms with van der Waals surface area (Å²) in [5.74, 6) is 0. The molecule has 0 radical (unpaired) electrons. The molecule has 0 bridgehead atoms. The Balaban J connectivity index is 2.84. The zero-order chi connectivity index (χ0) is 12.0. The number of pyridine rings is 1. The van der Waals surface area contributed by atoms with E-state index in [1.54, 1.807) is 25.5 Å². The van der Waals surface area contributed by atoms with Gasteiger partial charge in [0.15, 0.2) is 0 Å². The zero-order valence-corrected chi connectivity index (χ0v) is 9.14. The van der Waals surface area contributed by atoms with Crippen LogP contribution in [0.3, 0.4) is 0 Å². The Morgan fingerprint density at radius 1 is 1.12 bits per heavy atom. The number of aliphatic hydroxyl groups excluding tert-OH is 3. The van der Waals surface area contributed by atoms with E-state index in [-0.39, 0.29) is 19.8 Å². The minimum absolute atomic E-state index is 0.371. The van der Waals surface area contributed by atoms with Crippen molar-refractivity contribution < 1.29 is 15.3 Å². The molecular weight excluding hydrogens is 210 g/mol. The molecule has 90 valence electrons. The average molecular weight is 227 g/mol. The Morgan fingerprint density at radius 2 is 1.69 bits per heavy atom. The Bertz CT molecular complexity index is 321. The van der Waals surface area contributed by atoms with Crippen molar-refractivity contribution in [3.05, 3.63) is 18.5 Å². The number of hydrogen-bond donors (Lipinski definition) is 5. The standard InChI is InChI=1S/C10H17N3O3/c1-11-8-2-9(4-12-3-8)13-10(5-14,6-15)7-16/h2-4,11,13-16H,5-7H2,1H3. The van der Waals surface area contributed by atoms with E-state index in [2.05, 4.69) is 15.6 Å². The molecule has 0 unspecified atom stereocenters. The molecular formula is C10H17N3O3. The third-order valence-corrected chi connectivity index (χ3v) is 2.34. The quantitative estimate of drug-likeness (QED) is 0.439. The topological polar surface area (TPSA) is 97.6 Å². The van der Waals surface area contributed by atoms with Gasteiger partial charge >= 0.3 is 0 Å². The summed E-state index contributed by atoms with van der Waals surface area (Å²) in [4.78, 5) is 3.97. The van der Waals surface area contributed by atoms with Crippen LogP contribution < -0.4 is 10.6 Å². The lowest BCUT2D eigenvalue weighted by Gasteiger charge is -2.29. The monoisotopic (exact) mass is 227 g/mol. The molecule has 0 saturated heterocycles. The van der Waals surface area contributed by atoms with Crippen molar-refractivity contribution in [2.45, 2.75) is 5.54 Å². The van der Waals surface area contributed by atoms with E-state index >= 15 is 0 Å². The van der Waals surface area contributed by atoms with Gasteiger partial charge in [0.05, 0.1) is 43.6 Å². The predicted molar refractivity (Wildman–Crippen MR) is 61.4 cm³/mol. The minimum Gasteiger partial charge on any atom is -0.394 e. The van der Waals surface area contributed by atoms with Crippen molar-refractivity contribution >= 4 is 11.4 Å². The van der Waals surface area contributed by atoms with E-state index in [0.29, 0.717) is 5.69 Å². The molecule has 5 N–H and O–H groups in total. The average Bonchev–Trinajstić information content (AvgIpc) is 2.36. The van der Waals surface area contributed by atoms with Gasteiger partial charge in [0.2, 0.25) is 0 Å². The van der Waals surface area contributed by atoms with Crippen molar-refractivity contribution in [1.29, 1.82) is 0 Å². The first kappa shape index (κ1) is 12.7. The van der Waals surface area contributed by atoms with E-state index in [9.17, 15) is 0 Å². The van der Waals surface area contributed by atoms with E-state index in [4.69, 9.17) is 15.3 Å². The molecule has 0 amide bonds. The summed E-state index contributed by atoms with van der Waals surface area (Å²) in [7, 11) is 1.76. The predicted octanol–water partition coefficient (Wildman–Crippen LogP) is -0.749. The van der Waals surface area contributed by atoms with Crippen LogP contribution in [0.2, 0.25) is 0 Å². The molecule has 16 heavy (non-hydrogen) atoms. The molecule has 0 aliphatic heterocycles. The Kier molecular flexibility index (Phi) is 4.48. The van der Waals surface area contributed by atoms with Crippen LogP contribution in [0.1, 0.15) is 0 Å². The minimum atomic E-state index is -1.13. The summed E-state index contributed by atoms with van der Waals surface area (Å²) in [5.41, 5.74) is 0.283. The van der Waals surface area contributed by atoms with Crippen LogP contribution in [0, 0.1) is 0 Å². The molecule has 6 heteroatoms. The fraction of sp³-hybridized carbons (Fsp3) is 0.500. The van der Waals surface area contributed by atoms with E-state index in [1.807, 2.05) is 0 Å². The number of hydrogen-bond acceptors (Lipinski definition) is 6. The largest absolute Gasteiger partial charge is 0.394 e. The highest BCUT2D eigenvalue weighted by Crippen LogP contribution is 2.17. The summed E-state index contributed by atoms with van der Waals surface area (Å²) in [6.45, 7) is -1.11. The lowest BCUT2D eigenvalue weighted by atomic mass is 10.0. The summed E-state index contributed by atoms with van der Waals surface area (Å²) >= 11 is 0. The van der Waals surface area contributed by atoms with Crippen molar-refractivity contribution in [1.82, 2.24) is 4.98 Å². The maximum absolute atomic E-state index is 9.15. The second kappa shape index (κ2) is 5.64. The molecule has 0 atom stereocenters. The SMILES string of the molecule is CNc1cncc(NC(CO)(CO)CO)c1. The van der Waals surface area contributed by atoms with Crippen LogP contribution in [-0.2, 0) is 0 Å². The summed E-state index contributed by atoms with van der Waals surface area (Å²) in [5, 5.41) is 33.2.